The van der Waals surface area contributed by atoms with Gasteiger partial charge in [-0.2, -0.15) is 0 Å². The van der Waals surface area contributed by atoms with E-state index in [1.807, 2.05) is 30.9 Å². The van der Waals surface area contributed by atoms with Gasteiger partial charge in [-0.25, -0.2) is 0 Å². The van der Waals surface area contributed by atoms with Crippen molar-refractivity contribution in [1.29, 1.82) is 0 Å². The van der Waals surface area contributed by atoms with Crippen LogP contribution in [0.15, 0.2) is 0 Å². The Bertz CT molecular complexity index is 313. The van der Waals surface area contributed by atoms with Crippen LogP contribution in [0.25, 0.3) is 0 Å². The van der Waals surface area contributed by atoms with Crippen LogP contribution < -0.4 is 0 Å². The first-order valence-corrected chi connectivity index (χ1v) is 7.25. The van der Waals surface area contributed by atoms with Crippen LogP contribution in [-0.4, -0.2) is 87.0 Å². The summed E-state index contributed by atoms with van der Waals surface area (Å²) in [5.41, 5.74) is 0. The highest BCUT2D eigenvalue weighted by molar-refractivity contribution is 5.81. The molecule has 0 saturated carbocycles. The standard InChI is InChI=1S/C14H27N3O3/c1-15(2)7-4-12-20-14(19)6-5-13(18)17-10-8-16(3)9-11-17/h4-12H2,1-3H3. The zero-order chi connectivity index (χ0) is 15.0. The minimum absolute atomic E-state index is 0.0586. The highest BCUT2D eigenvalue weighted by atomic mass is 16.5. The van der Waals surface area contributed by atoms with Gasteiger partial charge in [-0.05, 0) is 27.6 Å². The fraction of sp³-hybridized carbons (Fsp3) is 0.857. The van der Waals surface area contributed by atoms with E-state index in [9.17, 15) is 9.59 Å². The summed E-state index contributed by atoms with van der Waals surface area (Å²) in [4.78, 5) is 29.5. The molecule has 1 amide bonds. The number of rotatable bonds is 7. The molecule has 0 aromatic carbocycles. The summed E-state index contributed by atoms with van der Waals surface area (Å²) in [6.45, 7) is 4.65. The van der Waals surface area contributed by atoms with E-state index in [1.54, 1.807) is 0 Å². The summed E-state index contributed by atoms with van der Waals surface area (Å²) in [7, 11) is 6.01. The molecule has 0 spiro atoms. The quantitative estimate of drug-likeness (QED) is 0.488. The predicted molar refractivity (Wildman–Crippen MR) is 77.4 cm³/mol. The number of esters is 1. The molecule has 1 rings (SSSR count). The van der Waals surface area contributed by atoms with Crippen LogP contribution in [0.2, 0.25) is 0 Å². The molecule has 0 N–H and O–H groups in total. The van der Waals surface area contributed by atoms with Crippen molar-refractivity contribution in [1.82, 2.24) is 14.7 Å². The minimum atomic E-state index is -0.272. The number of hydrogen-bond donors (Lipinski definition) is 0. The molecule has 1 aliphatic rings. The lowest BCUT2D eigenvalue weighted by Crippen LogP contribution is -2.47. The summed E-state index contributed by atoms with van der Waals surface area (Å²) in [5.74, 6) is -0.213. The van der Waals surface area contributed by atoms with Crippen LogP contribution in [0.4, 0.5) is 0 Å². The highest BCUT2D eigenvalue weighted by Gasteiger charge is 2.19. The van der Waals surface area contributed by atoms with Gasteiger partial charge in [0.25, 0.3) is 0 Å². The molecule has 1 heterocycles. The smallest absolute Gasteiger partial charge is 0.306 e. The largest absolute Gasteiger partial charge is 0.466 e. The second-order valence-electron chi connectivity index (χ2n) is 5.56. The Labute approximate surface area is 121 Å². The van der Waals surface area contributed by atoms with Crippen molar-refractivity contribution in [2.75, 3.05) is 60.5 Å². The second-order valence-corrected chi connectivity index (χ2v) is 5.56. The molecule has 116 valence electrons. The topological polar surface area (TPSA) is 53.1 Å². The average molecular weight is 285 g/mol. The fourth-order valence-corrected chi connectivity index (χ4v) is 2.06. The molecule has 0 unspecified atom stereocenters. The molecule has 0 aliphatic carbocycles. The van der Waals surface area contributed by atoms with Crippen molar-refractivity contribution in [2.24, 2.45) is 0 Å². The molecule has 0 bridgehead atoms. The van der Waals surface area contributed by atoms with Crippen molar-refractivity contribution in [3.63, 3.8) is 0 Å². The van der Waals surface area contributed by atoms with Crippen molar-refractivity contribution in [3.8, 4) is 0 Å². The van der Waals surface area contributed by atoms with Crippen LogP contribution in [0, 0.1) is 0 Å². The number of ether oxygens (including phenoxy) is 1. The number of carbonyl (C=O) groups is 2. The molecule has 1 fully saturated rings. The summed E-state index contributed by atoms with van der Waals surface area (Å²) in [5, 5.41) is 0. The van der Waals surface area contributed by atoms with Crippen LogP contribution in [0.1, 0.15) is 19.3 Å². The zero-order valence-corrected chi connectivity index (χ0v) is 12.9. The summed E-state index contributed by atoms with van der Waals surface area (Å²) in [6.07, 6.45) is 1.27. The van der Waals surface area contributed by atoms with Gasteiger partial charge < -0.3 is 19.4 Å². The molecule has 20 heavy (non-hydrogen) atoms. The van der Waals surface area contributed by atoms with Crippen LogP contribution >= 0.6 is 0 Å². The number of nitrogens with zero attached hydrogens (tertiary/aromatic N) is 3. The molecule has 0 radical (unpaired) electrons. The fourth-order valence-electron chi connectivity index (χ4n) is 2.06. The summed E-state index contributed by atoms with van der Waals surface area (Å²) >= 11 is 0. The van der Waals surface area contributed by atoms with Gasteiger partial charge in [-0.1, -0.05) is 0 Å². The zero-order valence-electron chi connectivity index (χ0n) is 12.9. The van der Waals surface area contributed by atoms with Gasteiger partial charge in [-0.3, -0.25) is 9.59 Å². The van der Waals surface area contributed by atoms with Gasteiger partial charge in [0.05, 0.1) is 13.0 Å². The Balaban J connectivity index is 2.09. The summed E-state index contributed by atoms with van der Waals surface area (Å²) < 4.78 is 5.10. The minimum Gasteiger partial charge on any atom is -0.466 e. The van der Waals surface area contributed by atoms with Crippen LogP contribution in [0.5, 0.6) is 0 Å². The maximum absolute atomic E-state index is 11.9. The Kier molecular flexibility index (Phi) is 7.54. The first-order valence-electron chi connectivity index (χ1n) is 7.25. The van der Waals surface area contributed by atoms with Gasteiger partial charge in [-0.15, -0.1) is 0 Å². The lowest BCUT2D eigenvalue weighted by molar-refractivity contribution is -0.146. The lowest BCUT2D eigenvalue weighted by Gasteiger charge is -2.32. The second kappa shape index (κ2) is 8.92. The first-order chi connectivity index (χ1) is 9.49. The molecule has 0 atom stereocenters. The third-order valence-corrected chi connectivity index (χ3v) is 3.41. The van der Waals surface area contributed by atoms with Crippen molar-refractivity contribution in [3.05, 3.63) is 0 Å². The Morgan fingerprint density at radius 2 is 1.75 bits per heavy atom. The SMILES string of the molecule is CN(C)CCCOC(=O)CCC(=O)N1CCN(C)CC1. The van der Waals surface area contributed by atoms with E-state index < -0.39 is 0 Å². The molecule has 0 aromatic heterocycles. The molecule has 1 aliphatic heterocycles. The number of amides is 1. The normalized spacial score (nSPS) is 16.5. The van der Waals surface area contributed by atoms with Crippen LogP contribution in [0.3, 0.4) is 0 Å². The van der Waals surface area contributed by atoms with Gasteiger partial charge >= 0.3 is 5.97 Å². The van der Waals surface area contributed by atoms with Crippen molar-refractivity contribution in [2.45, 2.75) is 19.3 Å². The summed E-state index contributed by atoms with van der Waals surface area (Å²) in [6, 6.07) is 0. The molecule has 6 nitrogen and oxygen atoms in total. The van der Waals surface area contributed by atoms with E-state index in [2.05, 4.69) is 4.90 Å². The monoisotopic (exact) mass is 285 g/mol. The first kappa shape index (κ1) is 16.9. The predicted octanol–water partition coefficient (Wildman–Crippen LogP) is 0.0355. The van der Waals surface area contributed by atoms with Gasteiger partial charge in [0, 0.05) is 39.1 Å². The molecular formula is C14H27N3O3. The maximum atomic E-state index is 11.9. The Morgan fingerprint density at radius 1 is 1.10 bits per heavy atom. The van der Waals surface area contributed by atoms with Crippen molar-refractivity contribution < 1.29 is 14.3 Å². The lowest BCUT2D eigenvalue weighted by atomic mass is 10.2. The third-order valence-electron chi connectivity index (χ3n) is 3.41. The van der Waals surface area contributed by atoms with Gasteiger partial charge in [0.2, 0.25) is 5.91 Å². The maximum Gasteiger partial charge on any atom is 0.306 e. The number of likely N-dealkylation sites (N-methyl/N-ethyl adjacent to an activating group) is 1. The van der Waals surface area contributed by atoms with E-state index in [0.717, 1.165) is 39.1 Å². The molecule has 6 heteroatoms. The molecule has 0 aromatic rings. The van der Waals surface area contributed by atoms with Crippen LogP contribution in [-0.2, 0) is 14.3 Å². The Morgan fingerprint density at radius 3 is 2.35 bits per heavy atom. The Hall–Kier alpha value is -1.14. The highest BCUT2D eigenvalue weighted by Crippen LogP contribution is 2.04. The van der Waals surface area contributed by atoms with Crippen molar-refractivity contribution >= 4 is 11.9 Å². The van der Waals surface area contributed by atoms with E-state index in [0.29, 0.717) is 6.61 Å². The van der Waals surface area contributed by atoms with E-state index >= 15 is 0 Å². The van der Waals surface area contributed by atoms with E-state index in [1.165, 1.54) is 0 Å². The van der Waals surface area contributed by atoms with Gasteiger partial charge in [0.15, 0.2) is 0 Å². The van der Waals surface area contributed by atoms with E-state index in [-0.39, 0.29) is 24.7 Å². The molecular weight excluding hydrogens is 258 g/mol. The van der Waals surface area contributed by atoms with Gasteiger partial charge in [0.1, 0.15) is 0 Å². The number of piperazine rings is 1. The third kappa shape index (κ3) is 6.86. The average Bonchev–Trinajstić information content (AvgIpc) is 2.41. The number of hydrogen-bond acceptors (Lipinski definition) is 5. The molecule has 1 saturated heterocycles. The number of carbonyl (C=O) groups excluding carboxylic acids is 2. The van der Waals surface area contributed by atoms with E-state index in [4.69, 9.17) is 4.74 Å².